The van der Waals surface area contributed by atoms with E-state index in [9.17, 15) is 18.0 Å². The van der Waals surface area contributed by atoms with E-state index in [2.05, 4.69) is 10.1 Å². The summed E-state index contributed by atoms with van der Waals surface area (Å²) in [5.74, 6) is 0. The minimum Gasteiger partial charge on any atom is -0.382 e. The molecule has 2 aromatic rings. The van der Waals surface area contributed by atoms with Crippen LogP contribution >= 0.6 is 0 Å². The third kappa shape index (κ3) is 4.18. The Morgan fingerprint density at radius 2 is 1.92 bits per heavy atom. The highest BCUT2D eigenvalue weighted by molar-refractivity contribution is 5.64. The Morgan fingerprint density at radius 1 is 1.17 bits per heavy atom. The van der Waals surface area contributed by atoms with Gasteiger partial charge in [-0.25, -0.2) is 9.67 Å². The van der Waals surface area contributed by atoms with Gasteiger partial charge in [-0.1, -0.05) is 6.07 Å². The molecule has 0 aliphatic rings. The monoisotopic (exact) mass is 343 g/mol. The maximum absolute atomic E-state index is 12.9. The lowest BCUT2D eigenvalue weighted by atomic mass is 10.1. The Kier molecular flexibility index (Phi) is 5.68. The van der Waals surface area contributed by atoms with Crippen LogP contribution in [0.15, 0.2) is 29.2 Å². The van der Waals surface area contributed by atoms with E-state index in [1.54, 1.807) is 0 Å². The lowest BCUT2D eigenvalue weighted by Crippen LogP contribution is -2.21. The number of pyridine rings is 1. The van der Waals surface area contributed by atoms with Crippen molar-refractivity contribution in [2.75, 3.05) is 20.3 Å². The van der Waals surface area contributed by atoms with Crippen molar-refractivity contribution in [2.45, 2.75) is 12.8 Å². The van der Waals surface area contributed by atoms with E-state index in [1.165, 1.54) is 32.5 Å². The van der Waals surface area contributed by atoms with Gasteiger partial charge >= 0.3 is 6.18 Å². The normalized spacial score (nSPS) is 11.7. The van der Waals surface area contributed by atoms with Gasteiger partial charge in [0.15, 0.2) is 0 Å². The van der Waals surface area contributed by atoms with Crippen LogP contribution in [-0.4, -0.2) is 35.1 Å². The molecule has 24 heavy (non-hydrogen) atoms. The maximum atomic E-state index is 12.9. The SMILES string of the molecule is COCCOCc1nc(C(F)(F)F)ccc1-c1ccnn(C)c1=O. The molecular weight excluding hydrogens is 327 g/mol. The van der Waals surface area contributed by atoms with Gasteiger partial charge in [-0.2, -0.15) is 18.3 Å². The van der Waals surface area contributed by atoms with Crippen molar-refractivity contribution < 1.29 is 22.6 Å². The van der Waals surface area contributed by atoms with E-state index in [0.717, 1.165) is 10.7 Å². The molecule has 0 saturated heterocycles. The van der Waals surface area contributed by atoms with Crippen LogP contribution in [0.4, 0.5) is 13.2 Å². The molecule has 0 atom stereocenters. The van der Waals surface area contributed by atoms with Crippen LogP contribution in [0.1, 0.15) is 11.4 Å². The number of hydrogen-bond donors (Lipinski definition) is 0. The van der Waals surface area contributed by atoms with Gasteiger partial charge in [0.1, 0.15) is 5.69 Å². The number of alkyl halides is 3. The van der Waals surface area contributed by atoms with Crippen molar-refractivity contribution in [3.05, 3.63) is 46.1 Å². The molecule has 0 aromatic carbocycles. The quantitative estimate of drug-likeness (QED) is 0.751. The molecule has 0 aliphatic carbocycles. The Morgan fingerprint density at radius 3 is 2.58 bits per heavy atom. The molecule has 0 radical (unpaired) electrons. The summed E-state index contributed by atoms with van der Waals surface area (Å²) in [4.78, 5) is 15.8. The Bertz CT molecular complexity index is 760. The molecule has 9 heteroatoms. The lowest BCUT2D eigenvalue weighted by Gasteiger charge is -2.13. The zero-order valence-electron chi connectivity index (χ0n) is 13.1. The summed E-state index contributed by atoms with van der Waals surface area (Å²) in [7, 11) is 2.94. The third-order valence-electron chi connectivity index (χ3n) is 3.23. The zero-order valence-corrected chi connectivity index (χ0v) is 13.1. The van der Waals surface area contributed by atoms with Crippen molar-refractivity contribution in [2.24, 2.45) is 7.05 Å². The number of hydrogen-bond acceptors (Lipinski definition) is 5. The highest BCUT2D eigenvalue weighted by Crippen LogP contribution is 2.30. The van der Waals surface area contributed by atoms with Gasteiger partial charge < -0.3 is 9.47 Å². The predicted molar refractivity (Wildman–Crippen MR) is 79.2 cm³/mol. The topological polar surface area (TPSA) is 66.2 Å². The Hall–Kier alpha value is -2.26. The smallest absolute Gasteiger partial charge is 0.382 e. The predicted octanol–water partition coefficient (Wildman–Crippen LogP) is 2.02. The fourth-order valence-electron chi connectivity index (χ4n) is 2.04. The largest absolute Gasteiger partial charge is 0.433 e. The molecule has 0 bridgehead atoms. The molecule has 130 valence electrons. The molecule has 0 saturated carbocycles. The maximum Gasteiger partial charge on any atom is 0.433 e. The summed E-state index contributed by atoms with van der Waals surface area (Å²) in [6.07, 6.45) is -3.19. The summed E-state index contributed by atoms with van der Waals surface area (Å²) < 4.78 is 49.9. The fourth-order valence-corrected chi connectivity index (χ4v) is 2.04. The van der Waals surface area contributed by atoms with Gasteiger partial charge in [0.05, 0.1) is 31.1 Å². The number of halogens is 3. The molecule has 0 N–H and O–H groups in total. The molecule has 0 spiro atoms. The molecule has 0 amide bonds. The first-order chi connectivity index (χ1) is 11.3. The van der Waals surface area contributed by atoms with Crippen molar-refractivity contribution in [1.82, 2.24) is 14.8 Å². The molecular formula is C15H16F3N3O3. The summed E-state index contributed by atoms with van der Waals surface area (Å²) in [6.45, 7) is 0.321. The average Bonchev–Trinajstić information content (AvgIpc) is 2.53. The highest BCUT2D eigenvalue weighted by atomic mass is 19.4. The Labute approximate surface area is 135 Å². The van der Waals surface area contributed by atoms with Crippen LogP contribution < -0.4 is 5.56 Å². The number of rotatable bonds is 6. The molecule has 0 aliphatic heterocycles. The standard InChI is InChI=1S/C15H16F3N3O3/c1-21-14(22)11(5-6-19-21)10-3-4-13(15(16,17)18)20-12(10)9-24-8-7-23-2/h3-6H,7-9H2,1-2H3. The number of aromatic nitrogens is 3. The lowest BCUT2D eigenvalue weighted by molar-refractivity contribution is -0.141. The van der Waals surface area contributed by atoms with Crippen molar-refractivity contribution in [3.63, 3.8) is 0 Å². The van der Waals surface area contributed by atoms with Gasteiger partial charge in [0.25, 0.3) is 5.56 Å². The second kappa shape index (κ2) is 7.54. The molecule has 2 rings (SSSR count). The van der Waals surface area contributed by atoms with E-state index in [-0.39, 0.29) is 30.0 Å². The van der Waals surface area contributed by atoms with E-state index >= 15 is 0 Å². The Balaban J connectivity index is 2.45. The fraction of sp³-hybridized carbons (Fsp3) is 0.400. The number of aryl methyl sites for hydroxylation is 1. The first kappa shape index (κ1) is 18.1. The van der Waals surface area contributed by atoms with E-state index in [0.29, 0.717) is 6.61 Å². The van der Waals surface area contributed by atoms with Crippen LogP contribution in [0.25, 0.3) is 11.1 Å². The van der Waals surface area contributed by atoms with Crippen LogP contribution in [0, 0.1) is 0 Å². The van der Waals surface area contributed by atoms with Crippen molar-refractivity contribution >= 4 is 0 Å². The molecule has 0 unspecified atom stereocenters. The van der Waals surface area contributed by atoms with Crippen LogP contribution in [0.3, 0.4) is 0 Å². The van der Waals surface area contributed by atoms with Gasteiger partial charge in [0, 0.05) is 25.9 Å². The first-order valence-corrected chi connectivity index (χ1v) is 7.01. The second-order valence-electron chi connectivity index (χ2n) is 4.91. The van der Waals surface area contributed by atoms with Crippen molar-refractivity contribution in [1.29, 1.82) is 0 Å². The number of ether oxygens (including phenoxy) is 2. The van der Waals surface area contributed by atoms with Gasteiger partial charge in [-0.3, -0.25) is 4.79 Å². The average molecular weight is 343 g/mol. The summed E-state index contributed by atoms with van der Waals surface area (Å²) in [6, 6.07) is 3.50. The van der Waals surface area contributed by atoms with Crippen LogP contribution in [0.5, 0.6) is 0 Å². The van der Waals surface area contributed by atoms with Crippen molar-refractivity contribution in [3.8, 4) is 11.1 Å². The van der Waals surface area contributed by atoms with E-state index in [1.807, 2.05) is 0 Å². The summed E-state index contributed by atoms with van der Waals surface area (Å²) in [5.41, 5.74) is -0.952. The molecule has 2 aromatic heterocycles. The summed E-state index contributed by atoms with van der Waals surface area (Å²) >= 11 is 0. The van der Waals surface area contributed by atoms with Gasteiger partial charge in [-0.05, 0) is 12.1 Å². The highest BCUT2D eigenvalue weighted by Gasteiger charge is 2.33. The summed E-state index contributed by atoms with van der Waals surface area (Å²) in [5, 5.41) is 3.79. The van der Waals surface area contributed by atoms with Gasteiger partial charge in [-0.15, -0.1) is 0 Å². The third-order valence-corrected chi connectivity index (χ3v) is 3.23. The van der Waals surface area contributed by atoms with Gasteiger partial charge in [0.2, 0.25) is 0 Å². The van der Waals surface area contributed by atoms with Crippen LogP contribution in [0.2, 0.25) is 0 Å². The van der Waals surface area contributed by atoms with E-state index in [4.69, 9.17) is 9.47 Å². The number of methoxy groups -OCH3 is 1. The number of nitrogens with zero attached hydrogens (tertiary/aromatic N) is 3. The minimum absolute atomic E-state index is 0.0317. The molecule has 2 heterocycles. The first-order valence-electron chi connectivity index (χ1n) is 7.01. The minimum atomic E-state index is -4.58. The zero-order chi connectivity index (χ0) is 17.7. The molecule has 6 nitrogen and oxygen atoms in total. The second-order valence-corrected chi connectivity index (χ2v) is 4.91. The molecule has 0 fully saturated rings. The van der Waals surface area contributed by atoms with Crippen LogP contribution in [-0.2, 0) is 29.3 Å². The van der Waals surface area contributed by atoms with E-state index < -0.39 is 17.4 Å².